The Morgan fingerprint density at radius 2 is 2.00 bits per heavy atom. The number of ether oxygens (including phenoxy) is 2. The Balaban J connectivity index is 1.58. The third-order valence-electron chi connectivity index (χ3n) is 3.85. The summed E-state index contributed by atoms with van der Waals surface area (Å²) in [6, 6.07) is 15.5. The van der Waals surface area contributed by atoms with Gasteiger partial charge < -0.3 is 14.8 Å². The van der Waals surface area contributed by atoms with Gasteiger partial charge in [-0.2, -0.15) is 0 Å². The van der Waals surface area contributed by atoms with Crippen LogP contribution in [0.25, 0.3) is 0 Å². The molecule has 1 aliphatic heterocycles. The first-order chi connectivity index (χ1) is 10.8. The zero-order valence-electron chi connectivity index (χ0n) is 12.5. The van der Waals surface area contributed by atoms with E-state index in [9.17, 15) is 4.79 Å². The van der Waals surface area contributed by atoms with Crippen molar-refractivity contribution < 1.29 is 14.3 Å². The van der Waals surface area contributed by atoms with Gasteiger partial charge in [0.1, 0.15) is 18.1 Å². The average molecular weight is 297 g/mol. The van der Waals surface area contributed by atoms with Gasteiger partial charge in [0.25, 0.3) is 0 Å². The lowest BCUT2D eigenvalue weighted by atomic mass is 10.1. The second-order valence-corrected chi connectivity index (χ2v) is 5.28. The monoisotopic (exact) mass is 297 g/mol. The summed E-state index contributed by atoms with van der Waals surface area (Å²) >= 11 is 0. The average Bonchev–Trinajstić information content (AvgIpc) is 2.96. The number of aryl methyl sites for hydroxylation is 1. The molecule has 1 aliphatic rings. The van der Waals surface area contributed by atoms with Crippen LogP contribution in [0.3, 0.4) is 0 Å². The highest BCUT2D eigenvalue weighted by Crippen LogP contribution is 2.31. The molecule has 1 N–H and O–H groups in total. The molecule has 0 aromatic heterocycles. The minimum absolute atomic E-state index is 0.0243. The van der Waals surface area contributed by atoms with Crippen molar-refractivity contribution in [1.29, 1.82) is 0 Å². The highest BCUT2D eigenvalue weighted by atomic mass is 16.5. The molecule has 3 rings (SSSR count). The number of amides is 1. The quantitative estimate of drug-likeness (QED) is 0.923. The van der Waals surface area contributed by atoms with Crippen LogP contribution >= 0.6 is 0 Å². The molecule has 1 atom stereocenters. The van der Waals surface area contributed by atoms with Crippen LogP contribution < -0.4 is 14.8 Å². The molecule has 0 saturated carbocycles. The van der Waals surface area contributed by atoms with Crippen LogP contribution in [-0.4, -0.2) is 19.6 Å². The van der Waals surface area contributed by atoms with Crippen molar-refractivity contribution in [2.75, 3.05) is 13.7 Å². The molecular formula is C18H19NO3. The minimum Gasteiger partial charge on any atom is -0.496 e. The Morgan fingerprint density at radius 3 is 2.86 bits per heavy atom. The molecule has 1 heterocycles. The van der Waals surface area contributed by atoms with Gasteiger partial charge in [-0.15, -0.1) is 0 Å². The summed E-state index contributed by atoms with van der Waals surface area (Å²) in [6.07, 6.45) is 1.09. The number of hydrogen-bond donors (Lipinski definition) is 1. The molecule has 0 spiro atoms. The molecule has 114 valence electrons. The summed E-state index contributed by atoms with van der Waals surface area (Å²) in [4.78, 5) is 12.2. The Morgan fingerprint density at radius 1 is 1.23 bits per heavy atom. The number of fused-ring (bicyclic) bond motifs is 1. The van der Waals surface area contributed by atoms with E-state index < -0.39 is 0 Å². The molecule has 22 heavy (non-hydrogen) atoms. The fraction of sp³-hybridized carbons (Fsp3) is 0.278. The van der Waals surface area contributed by atoms with Gasteiger partial charge in [-0.1, -0.05) is 36.4 Å². The largest absolute Gasteiger partial charge is 0.496 e. The van der Waals surface area contributed by atoms with E-state index in [1.54, 1.807) is 7.11 Å². The van der Waals surface area contributed by atoms with Gasteiger partial charge in [0, 0.05) is 12.0 Å². The zero-order valence-corrected chi connectivity index (χ0v) is 12.5. The van der Waals surface area contributed by atoms with Crippen LogP contribution in [0.15, 0.2) is 48.5 Å². The molecule has 1 unspecified atom stereocenters. The van der Waals surface area contributed by atoms with Gasteiger partial charge in [0.2, 0.25) is 5.91 Å². The van der Waals surface area contributed by atoms with Crippen molar-refractivity contribution in [3.63, 3.8) is 0 Å². The lowest BCUT2D eigenvalue weighted by molar-refractivity contribution is -0.121. The first-order valence-corrected chi connectivity index (χ1v) is 7.41. The van der Waals surface area contributed by atoms with Crippen molar-refractivity contribution in [3.8, 4) is 11.5 Å². The fourth-order valence-electron chi connectivity index (χ4n) is 2.71. The van der Waals surface area contributed by atoms with Gasteiger partial charge in [-0.05, 0) is 24.1 Å². The molecule has 2 aromatic rings. The summed E-state index contributed by atoms with van der Waals surface area (Å²) in [5.74, 6) is 1.71. The predicted octanol–water partition coefficient (Wildman–Crippen LogP) is 2.88. The van der Waals surface area contributed by atoms with E-state index in [2.05, 4.69) is 5.32 Å². The second-order valence-electron chi connectivity index (χ2n) is 5.28. The minimum atomic E-state index is -0.0543. The molecule has 0 bridgehead atoms. The van der Waals surface area contributed by atoms with E-state index in [0.29, 0.717) is 19.4 Å². The number of rotatable bonds is 5. The van der Waals surface area contributed by atoms with Gasteiger partial charge in [0.15, 0.2) is 0 Å². The number of hydrogen-bond acceptors (Lipinski definition) is 3. The summed E-state index contributed by atoms with van der Waals surface area (Å²) in [7, 11) is 1.64. The van der Waals surface area contributed by atoms with E-state index >= 15 is 0 Å². The SMILES string of the molecule is COc1ccccc1CCC(=O)NC1COc2ccccc21. The second kappa shape index (κ2) is 6.52. The van der Waals surface area contributed by atoms with Crippen LogP contribution in [0.2, 0.25) is 0 Å². The van der Waals surface area contributed by atoms with Crippen molar-refractivity contribution in [2.24, 2.45) is 0 Å². The first-order valence-electron chi connectivity index (χ1n) is 7.41. The molecule has 2 aromatic carbocycles. The topological polar surface area (TPSA) is 47.6 Å². The number of carbonyl (C=O) groups excluding carboxylic acids is 1. The van der Waals surface area contributed by atoms with E-state index in [4.69, 9.17) is 9.47 Å². The summed E-state index contributed by atoms with van der Waals surface area (Å²) < 4.78 is 10.9. The van der Waals surface area contributed by atoms with E-state index in [1.807, 2.05) is 48.5 Å². The molecule has 0 aliphatic carbocycles. The Labute approximate surface area is 130 Å². The van der Waals surface area contributed by atoms with Crippen molar-refractivity contribution in [3.05, 3.63) is 59.7 Å². The van der Waals surface area contributed by atoms with Crippen molar-refractivity contribution >= 4 is 5.91 Å². The third-order valence-corrected chi connectivity index (χ3v) is 3.85. The molecule has 4 nitrogen and oxygen atoms in total. The Bertz CT molecular complexity index is 669. The number of carbonyl (C=O) groups is 1. The lowest BCUT2D eigenvalue weighted by Crippen LogP contribution is -2.29. The van der Waals surface area contributed by atoms with E-state index in [0.717, 1.165) is 22.6 Å². The smallest absolute Gasteiger partial charge is 0.220 e. The van der Waals surface area contributed by atoms with Gasteiger partial charge >= 0.3 is 0 Å². The number of para-hydroxylation sites is 2. The van der Waals surface area contributed by atoms with Crippen molar-refractivity contribution in [1.82, 2.24) is 5.32 Å². The standard InChI is InChI=1S/C18H19NO3/c1-21-16-8-4-2-6-13(16)10-11-18(20)19-15-12-22-17-9-5-3-7-14(15)17/h2-9,15H,10-12H2,1H3,(H,19,20). The van der Waals surface area contributed by atoms with Gasteiger partial charge in [0.05, 0.1) is 13.2 Å². The Hall–Kier alpha value is -2.49. The molecule has 0 fully saturated rings. The van der Waals surface area contributed by atoms with Crippen LogP contribution in [0.4, 0.5) is 0 Å². The molecule has 1 amide bonds. The van der Waals surface area contributed by atoms with Gasteiger partial charge in [-0.3, -0.25) is 4.79 Å². The summed E-state index contributed by atoms with van der Waals surface area (Å²) in [5.41, 5.74) is 2.09. The number of nitrogens with one attached hydrogen (secondary N) is 1. The van der Waals surface area contributed by atoms with Crippen LogP contribution in [0.5, 0.6) is 11.5 Å². The molecular weight excluding hydrogens is 278 g/mol. The highest BCUT2D eigenvalue weighted by Gasteiger charge is 2.24. The maximum Gasteiger partial charge on any atom is 0.220 e. The first kappa shape index (κ1) is 14.4. The lowest BCUT2D eigenvalue weighted by Gasteiger charge is -2.12. The number of methoxy groups -OCH3 is 1. The van der Waals surface area contributed by atoms with Crippen molar-refractivity contribution in [2.45, 2.75) is 18.9 Å². The van der Waals surface area contributed by atoms with Crippen LogP contribution in [0.1, 0.15) is 23.6 Å². The molecule has 4 heteroatoms. The normalized spacial score (nSPS) is 15.8. The van der Waals surface area contributed by atoms with E-state index in [-0.39, 0.29) is 11.9 Å². The maximum atomic E-state index is 12.2. The van der Waals surface area contributed by atoms with Crippen LogP contribution in [0, 0.1) is 0 Å². The molecule has 0 radical (unpaired) electrons. The predicted molar refractivity (Wildman–Crippen MR) is 84.1 cm³/mol. The van der Waals surface area contributed by atoms with Crippen LogP contribution in [-0.2, 0) is 11.2 Å². The maximum absolute atomic E-state index is 12.2. The number of benzene rings is 2. The molecule has 0 saturated heterocycles. The van der Waals surface area contributed by atoms with Gasteiger partial charge in [-0.25, -0.2) is 0 Å². The van der Waals surface area contributed by atoms with E-state index in [1.165, 1.54) is 0 Å². The fourth-order valence-corrected chi connectivity index (χ4v) is 2.71. The Kier molecular flexibility index (Phi) is 4.28. The third kappa shape index (κ3) is 3.06. The highest BCUT2D eigenvalue weighted by molar-refractivity contribution is 5.77. The summed E-state index contributed by atoms with van der Waals surface area (Å²) in [5, 5.41) is 3.04. The summed E-state index contributed by atoms with van der Waals surface area (Å²) in [6.45, 7) is 0.500. The zero-order chi connectivity index (χ0) is 15.4.